The molecular formula is C29H29Cl2N5OS2. The van der Waals surface area contributed by atoms with Crippen LogP contribution in [0, 0.1) is 5.41 Å². The zero-order chi connectivity index (χ0) is 27.4. The van der Waals surface area contributed by atoms with Crippen molar-refractivity contribution >= 4 is 63.3 Å². The van der Waals surface area contributed by atoms with Crippen LogP contribution in [0.25, 0.3) is 5.65 Å². The molecule has 1 fully saturated rings. The summed E-state index contributed by atoms with van der Waals surface area (Å²) in [7, 11) is -1.31. The third-order valence-corrected chi connectivity index (χ3v) is 10.9. The van der Waals surface area contributed by atoms with Crippen LogP contribution >= 0.6 is 35.0 Å². The fourth-order valence-electron chi connectivity index (χ4n) is 5.42. The largest absolute Gasteiger partial charge is 0.342 e. The quantitative estimate of drug-likeness (QED) is 0.247. The summed E-state index contributed by atoms with van der Waals surface area (Å²) in [6, 6.07) is 14.1. The predicted molar refractivity (Wildman–Crippen MR) is 162 cm³/mol. The summed E-state index contributed by atoms with van der Waals surface area (Å²) in [5, 5.41) is 1.05. The molecule has 202 valence electrons. The number of nitrogens with zero attached hydrogens (tertiary/aromatic N) is 5. The van der Waals surface area contributed by atoms with E-state index in [0.717, 1.165) is 65.0 Å². The molecule has 0 unspecified atom stereocenters. The maximum Gasteiger partial charge on any atom is 0.211 e. The molecule has 4 aromatic rings. The Kier molecular flexibility index (Phi) is 7.03. The molecule has 1 spiro atoms. The third kappa shape index (κ3) is 4.90. The van der Waals surface area contributed by atoms with Crippen LogP contribution < -0.4 is 4.90 Å². The fraction of sp³-hybridized carbons (Fsp3) is 0.345. The van der Waals surface area contributed by atoms with Crippen molar-refractivity contribution in [3.8, 4) is 0 Å². The van der Waals surface area contributed by atoms with E-state index in [-0.39, 0.29) is 5.41 Å². The number of halogens is 2. The van der Waals surface area contributed by atoms with Gasteiger partial charge >= 0.3 is 0 Å². The van der Waals surface area contributed by atoms with Gasteiger partial charge in [0, 0.05) is 47.6 Å². The second-order valence-electron chi connectivity index (χ2n) is 11.1. The molecule has 1 aliphatic heterocycles. The molecule has 0 bridgehead atoms. The minimum Gasteiger partial charge on any atom is -0.342 e. The van der Waals surface area contributed by atoms with Crippen molar-refractivity contribution in [3.63, 3.8) is 0 Å². The SMILES string of the molecule is CC(C)(C)[S@@](=O)N=C1c2ccccc2CC12CCN(c1ncc(Sc3cccc(Cl)c3Cl)c3nccn13)CC2. The van der Waals surface area contributed by atoms with Gasteiger partial charge in [-0.25, -0.2) is 14.2 Å². The molecule has 2 aromatic carbocycles. The lowest BCUT2D eigenvalue weighted by Crippen LogP contribution is -2.44. The Balaban J connectivity index is 1.28. The number of fused-ring (bicyclic) bond motifs is 2. The summed E-state index contributed by atoms with van der Waals surface area (Å²) in [5.74, 6) is 0.867. The standard InChI is InChI=1S/C29H29Cl2N5OS2/c1-28(2,3)39(37)34-25-20-8-5-4-7-19(20)17-29(25)11-14-35(15-12-29)27-33-18-23(26-32-13-16-36(26)27)38-22-10-6-9-21(30)24(22)31/h4-10,13,16,18H,11-12,14-15,17H2,1-3H3/t39-/m1/s1. The average Bonchev–Trinajstić information content (AvgIpc) is 3.51. The van der Waals surface area contributed by atoms with E-state index in [1.807, 2.05) is 49.7 Å². The average molecular weight is 599 g/mol. The lowest BCUT2D eigenvalue weighted by atomic mass is 9.74. The molecule has 0 saturated carbocycles. The zero-order valence-electron chi connectivity index (χ0n) is 22.0. The van der Waals surface area contributed by atoms with Gasteiger partial charge < -0.3 is 4.90 Å². The lowest BCUT2D eigenvalue weighted by molar-refractivity contribution is 0.328. The van der Waals surface area contributed by atoms with Gasteiger partial charge in [-0.2, -0.15) is 4.40 Å². The Hall–Kier alpha value is -2.39. The number of anilines is 1. The highest BCUT2D eigenvalue weighted by Gasteiger charge is 2.46. The lowest BCUT2D eigenvalue weighted by Gasteiger charge is -2.40. The molecule has 10 heteroatoms. The van der Waals surface area contributed by atoms with E-state index in [1.165, 1.54) is 17.3 Å². The van der Waals surface area contributed by atoms with E-state index in [4.69, 9.17) is 32.6 Å². The van der Waals surface area contributed by atoms with E-state index < -0.39 is 15.7 Å². The molecular weight excluding hydrogens is 569 g/mol. The molecule has 6 nitrogen and oxygen atoms in total. The smallest absolute Gasteiger partial charge is 0.211 e. The van der Waals surface area contributed by atoms with E-state index in [1.54, 1.807) is 12.3 Å². The number of benzene rings is 2. The van der Waals surface area contributed by atoms with E-state index in [9.17, 15) is 4.21 Å². The summed E-state index contributed by atoms with van der Waals surface area (Å²) in [4.78, 5) is 13.6. The molecule has 2 aromatic heterocycles. The van der Waals surface area contributed by atoms with Crippen LogP contribution in [0.3, 0.4) is 0 Å². The highest BCUT2D eigenvalue weighted by molar-refractivity contribution is 7.99. The van der Waals surface area contributed by atoms with Gasteiger partial charge in [0.1, 0.15) is 11.0 Å². The summed E-state index contributed by atoms with van der Waals surface area (Å²) in [6.07, 6.45) is 8.38. The van der Waals surface area contributed by atoms with Gasteiger partial charge in [0.15, 0.2) is 5.65 Å². The van der Waals surface area contributed by atoms with Crippen LogP contribution in [0.1, 0.15) is 44.7 Å². The monoisotopic (exact) mass is 597 g/mol. The molecule has 39 heavy (non-hydrogen) atoms. The van der Waals surface area contributed by atoms with Gasteiger partial charge in [0.25, 0.3) is 0 Å². The maximum absolute atomic E-state index is 13.1. The van der Waals surface area contributed by atoms with Gasteiger partial charge in [-0.15, -0.1) is 0 Å². The molecule has 1 atom stereocenters. The summed E-state index contributed by atoms with van der Waals surface area (Å²) >= 11 is 14.2. The maximum atomic E-state index is 13.1. The zero-order valence-corrected chi connectivity index (χ0v) is 25.2. The molecule has 6 rings (SSSR count). The van der Waals surface area contributed by atoms with Crippen LogP contribution in [-0.4, -0.2) is 42.1 Å². The van der Waals surface area contributed by atoms with Crippen LogP contribution in [0.4, 0.5) is 5.95 Å². The highest BCUT2D eigenvalue weighted by Crippen LogP contribution is 2.46. The van der Waals surface area contributed by atoms with E-state index in [0.29, 0.717) is 10.0 Å². The van der Waals surface area contributed by atoms with Gasteiger partial charge in [-0.1, -0.05) is 65.3 Å². The Morgan fingerprint density at radius 1 is 1.03 bits per heavy atom. The molecule has 2 aliphatic rings. The number of rotatable bonds is 4. The van der Waals surface area contributed by atoms with Crippen molar-refractivity contribution in [2.45, 2.75) is 54.6 Å². The first-order chi connectivity index (χ1) is 18.7. The topological polar surface area (TPSA) is 62.9 Å². The van der Waals surface area contributed by atoms with Crippen molar-refractivity contribution < 1.29 is 4.21 Å². The summed E-state index contributed by atoms with van der Waals surface area (Å²) in [6.45, 7) is 7.58. The van der Waals surface area contributed by atoms with Crippen molar-refractivity contribution in [3.05, 3.63) is 82.2 Å². The summed E-state index contributed by atoms with van der Waals surface area (Å²) < 4.78 is 19.7. The molecule has 0 radical (unpaired) electrons. The second kappa shape index (κ2) is 10.2. The van der Waals surface area contributed by atoms with E-state index >= 15 is 0 Å². The molecule has 0 N–H and O–H groups in total. The van der Waals surface area contributed by atoms with Gasteiger partial charge in [-0.3, -0.25) is 4.40 Å². The number of hydrogen-bond donors (Lipinski definition) is 0. The number of hydrogen-bond acceptors (Lipinski definition) is 5. The van der Waals surface area contributed by atoms with Crippen LogP contribution in [0.15, 0.2) is 75.2 Å². The van der Waals surface area contributed by atoms with Gasteiger partial charge in [0.05, 0.1) is 25.4 Å². The molecule has 3 heterocycles. The first-order valence-electron chi connectivity index (χ1n) is 12.9. The molecule has 1 saturated heterocycles. The van der Waals surface area contributed by atoms with Gasteiger partial charge in [0.2, 0.25) is 5.95 Å². The summed E-state index contributed by atoms with van der Waals surface area (Å²) in [5.41, 5.74) is 4.18. The predicted octanol–water partition coefficient (Wildman–Crippen LogP) is 7.28. The third-order valence-electron chi connectivity index (χ3n) is 7.52. The number of aromatic nitrogens is 3. The van der Waals surface area contributed by atoms with Crippen LogP contribution in [-0.2, 0) is 17.4 Å². The normalized spacial score (nSPS) is 18.7. The first-order valence-corrected chi connectivity index (χ1v) is 15.6. The number of piperidine rings is 1. The van der Waals surface area contributed by atoms with Crippen molar-refractivity contribution in [1.82, 2.24) is 14.4 Å². The van der Waals surface area contributed by atoms with E-state index in [2.05, 4.69) is 34.1 Å². The Bertz CT molecular complexity index is 1620. The Morgan fingerprint density at radius 2 is 1.79 bits per heavy atom. The van der Waals surface area contributed by atoms with Gasteiger partial charge in [-0.05, 0) is 57.7 Å². The minimum atomic E-state index is -1.31. The van der Waals surface area contributed by atoms with Crippen molar-refractivity contribution in [1.29, 1.82) is 0 Å². The molecule has 1 aliphatic carbocycles. The fourth-order valence-corrected chi connectivity index (χ4v) is 7.56. The van der Waals surface area contributed by atoms with Crippen molar-refractivity contribution in [2.24, 2.45) is 9.81 Å². The van der Waals surface area contributed by atoms with Crippen LogP contribution in [0.5, 0.6) is 0 Å². The van der Waals surface area contributed by atoms with Crippen molar-refractivity contribution in [2.75, 3.05) is 18.0 Å². The Morgan fingerprint density at radius 3 is 2.56 bits per heavy atom. The first kappa shape index (κ1) is 26.8. The number of imidazole rings is 1. The second-order valence-corrected chi connectivity index (χ2v) is 14.9. The minimum absolute atomic E-state index is 0.117. The Labute approximate surface area is 245 Å². The highest BCUT2D eigenvalue weighted by atomic mass is 35.5. The molecule has 0 amide bonds. The van der Waals surface area contributed by atoms with Crippen LogP contribution in [0.2, 0.25) is 10.0 Å².